The van der Waals surface area contributed by atoms with Crippen molar-refractivity contribution in [1.29, 1.82) is 0 Å². The Morgan fingerprint density at radius 1 is 1.37 bits per heavy atom. The summed E-state index contributed by atoms with van der Waals surface area (Å²) in [6, 6.07) is 5.59. The fraction of sp³-hybridized carbons (Fsp3) is 0.250. The average Bonchev–Trinajstić information content (AvgIpc) is 2.65. The number of ether oxygens (including phenoxy) is 1. The fourth-order valence-electron chi connectivity index (χ4n) is 1.90. The van der Waals surface area contributed by atoms with E-state index in [-0.39, 0.29) is 5.52 Å². The first-order chi connectivity index (χ1) is 8.81. The van der Waals surface area contributed by atoms with Gasteiger partial charge in [-0.15, -0.1) is 0 Å². The molecule has 1 heterocycles. The van der Waals surface area contributed by atoms with Crippen molar-refractivity contribution in [2.45, 2.75) is 12.7 Å². The van der Waals surface area contributed by atoms with Gasteiger partial charge in [-0.1, -0.05) is 0 Å². The number of nitrogens with zero attached hydrogens (tertiary/aromatic N) is 1. The standard InChI is InChI=1S/C12H10F3NO3/c1-19-8-2-3-9-7(4-8)5-10(11(17)18)16(9)6-12(13,14)15/h2-5H,6H2,1H3,(H,17,18). The molecule has 7 heteroatoms. The van der Waals surface area contributed by atoms with Crippen molar-refractivity contribution in [3.63, 3.8) is 0 Å². The van der Waals surface area contributed by atoms with Crippen LogP contribution in [-0.4, -0.2) is 28.9 Å². The Balaban J connectivity index is 2.64. The largest absolute Gasteiger partial charge is 0.497 e. The number of hydrogen-bond acceptors (Lipinski definition) is 2. The van der Waals surface area contributed by atoms with E-state index < -0.39 is 24.4 Å². The van der Waals surface area contributed by atoms with Crippen molar-refractivity contribution in [3.05, 3.63) is 30.0 Å². The second-order valence-corrected chi connectivity index (χ2v) is 3.96. The zero-order valence-electron chi connectivity index (χ0n) is 9.86. The molecule has 102 valence electrons. The molecule has 0 atom stereocenters. The SMILES string of the molecule is COc1ccc2c(c1)cc(C(=O)O)n2CC(F)(F)F. The molecule has 0 radical (unpaired) electrons. The first-order valence-corrected chi connectivity index (χ1v) is 5.29. The minimum atomic E-state index is -4.49. The molecule has 0 aliphatic heterocycles. The smallest absolute Gasteiger partial charge is 0.406 e. The van der Waals surface area contributed by atoms with Crippen LogP contribution in [0.5, 0.6) is 5.75 Å². The number of benzene rings is 1. The molecule has 0 saturated heterocycles. The lowest BCUT2D eigenvalue weighted by Crippen LogP contribution is -2.20. The predicted molar refractivity (Wildman–Crippen MR) is 61.5 cm³/mol. The maximum atomic E-state index is 12.5. The van der Waals surface area contributed by atoms with Gasteiger partial charge in [0, 0.05) is 10.9 Å². The molecular formula is C12H10F3NO3. The van der Waals surface area contributed by atoms with E-state index in [1.165, 1.54) is 31.4 Å². The van der Waals surface area contributed by atoms with Crippen LogP contribution in [0.4, 0.5) is 13.2 Å². The first-order valence-electron chi connectivity index (χ1n) is 5.29. The number of carboxylic acids is 1. The van der Waals surface area contributed by atoms with Crippen LogP contribution in [0.1, 0.15) is 10.5 Å². The second kappa shape index (κ2) is 4.49. The lowest BCUT2D eigenvalue weighted by atomic mass is 10.2. The minimum absolute atomic E-state index is 0.204. The van der Waals surface area contributed by atoms with E-state index in [1.54, 1.807) is 0 Å². The van der Waals surface area contributed by atoms with Gasteiger partial charge in [0.1, 0.15) is 18.0 Å². The Morgan fingerprint density at radius 2 is 2.05 bits per heavy atom. The number of hydrogen-bond donors (Lipinski definition) is 1. The fourth-order valence-corrected chi connectivity index (χ4v) is 1.90. The highest BCUT2D eigenvalue weighted by molar-refractivity contribution is 5.95. The number of methoxy groups -OCH3 is 1. The topological polar surface area (TPSA) is 51.5 Å². The summed E-state index contributed by atoms with van der Waals surface area (Å²) in [4.78, 5) is 11.0. The molecule has 2 rings (SSSR count). The van der Waals surface area contributed by atoms with Crippen molar-refractivity contribution in [1.82, 2.24) is 4.57 Å². The number of alkyl halides is 3. The van der Waals surface area contributed by atoms with Gasteiger partial charge in [-0.2, -0.15) is 13.2 Å². The summed E-state index contributed by atoms with van der Waals surface area (Å²) in [5, 5.41) is 9.36. The summed E-state index contributed by atoms with van der Waals surface area (Å²) in [6.07, 6.45) is -4.49. The lowest BCUT2D eigenvalue weighted by molar-refractivity contribution is -0.140. The molecule has 4 nitrogen and oxygen atoms in total. The van der Waals surface area contributed by atoms with E-state index in [9.17, 15) is 18.0 Å². The highest BCUT2D eigenvalue weighted by atomic mass is 19.4. The summed E-state index contributed by atoms with van der Waals surface area (Å²) in [5.74, 6) is -0.951. The van der Waals surface area contributed by atoms with E-state index in [0.717, 1.165) is 4.57 Å². The number of fused-ring (bicyclic) bond motifs is 1. The second-order valence-electron chi connectivity index (χ2n) is 3.96. The zero-order valence-corrected chi connectivity index (χ0v) is 9.86. The molecule has 0 aliphatic rings. The molecule has 0 fully saturated rings. The van der Waals surface area contributed by atoms with Gasteiger partial charge in [0.15, 0.2) is 0 Å². The lowest BCUT2D eigenvalue weighted by Gasteiger charge is -2.11. The molecule has 19 heavy (non-hydrogen) atoms. The minimum Gasteiger partial charge on any atom is -0.497 e. The van der Waals surface area contributed by atoms with Crippen LogP contribution in [0.2, 0.25) is 0 Å². The molecule has 1 aromatic carbocycles. The zero-order chi connectivity index (χ0) is 14.2. The third kappa shape index (κ3) is 2.64. The maximum Gasteiger partial charge on any atom is 0.406 e. The Kier molecular flexibility index (Phi) is 3.13. The maximum absolute atomic E-state index is 12.5. The van der Waals surface area contributed by atoms with Gasteiger partial charge in [-0.05, 0) is 24.3 Å². The van der Waals surface area contributed by atoms with E-state index >= 15 is 0 Å². The highest BCUT2D eigenvalue weighted by Gasteiger charge is 2.31. The van der Waals surface area contributed by atoms with Gasteiger partial charge in [0.2, 0.25) is 0 Å². The van der Waals surface area contributed by atoms with Crippen LogP contribution in [0.15, 0.2) is 24.3 Å². The van der Waals surface area contributed by atoms with Crippen molar-refractivity contribution < 1.29 is 27.8 Å². The number of halogens is 3. The molecule has 2 aromatic rings. The molecular weight excluding hydrogens is 263 g/mol. The van der Waals surface area contributed by atoms with E-state index in [4.69, 9.17) is 9.84 Å². The molecule has 0 saturated carbocycles. The third-order valence-electron chi connectivity index (χ3n) is 2.67. The third-order valence-corrected chi connectivity index (χ3v) is 2.67. The molecule has 1 N–H and O–H groups in total. The van der Waals surface area contributed by atoms with Gasteiger partial charge in [0.25, 0.3) is 0 Å². The van der Waals surface area contributed by atoms with Crippen LogP contribution in [0.3, 0.4) is 0 Å². The van der Waals surface area contributed by atoms with E-state index in [1.807, 2.05) is 0 Å². The summed E-state index contributed by atoms with van der Waals surface area (Å²) >= 11 is 0. The van der Waals surface area contributed by atoms with Crippen molar-refractivity contribution in [3.8, 4) is 5.75 Å². The Hall–Kier alpha value is -2.18. The molecule has 0 aliphatic carbocycles. The van der Waals surface area contributed by atoms with Crippen molar-refractivity contribution >= 4 is 16.9 Å². The van der Waals surface area contributed by atoms with Crippen molar-refractivity contribution in [2.75, 3.05) is 7.11 Å². The predicted octanol–water partition coefficient (Wildman–Crippen LogP) is 2.91. The van der Waals surface area contributed by atoms with Gasteiger partial charge in [-0.3, -0.25) is 0 Å². The Labute approximate surface area is 106 Å². The van der Waals surface area contributed by atoms with Crippen LogP contribution in [0.25, 0.3) is 10.9 Å². The molecule has 0 amide bonds. The summed E-state index contributed by atoms with van der Waals surface area (Å²) in [6.45, 7) is -1.34. The summed E-state index contributed by atoms with van der Waals surface area (Å²) in [7, 11) is 1.42. The number of rotatable bonds is 3. The number of carboxylic acid groups (broad SMARTS) is 1. The summed E-state index contributed by atoms with van der Waals surface area (Å²) in [5.41, 5.74) is -0.198. The van der Waals surface area contributed by atoms with Crippen molar-refractivity contribution in [2.24, 2.45) is 0 Å². The van der Waals surface area contributed by atoms with Gasteiger partial charge in [0.05, 0.1) is 7.11 Å². The van der Waals surface area contributed by atoms with Crippen LogP contribution in [0, 0.1) is 0 Å². The van der Waals surface area contributed by atoms with E-state index in [0.29, 0.717) is 11.1 Å². The van der Waals surface area contributed by atoms with Crippen LogP contribution in [-0.2, 0) is 6.54 Å². The quantitative estimate of drug-likeness (QED) is 0.935. The Bertz CT molecular complexity index is 631. The van der Waals surface area contributed by atoms with Gasteiger partial charge in [-0.25, -0.2) is 4.79 Å². The van der Waals surface area contributed by atoms with Gasteiger partial charge < -0.3 is 14.4 Å². The van der Waals surface area contributed by atoms with E-state index in [2.05, 4.69) is 0 Å². The monoisotopic (exact) mass is 273 g/mol. The molecule has 0 bridgehead atoms. The van der Waals surface area contributed by atoms with Gasteiger partial charge >= 0.3 is 12.1 Å². The molecule has 0 unspecified atom stereocenters. The molecule has 1 aromatic heterocycles. The summed E-state index contributed by atoms with van der Waals surface area (Å²) < 4.78 is 43.2. The normalized spacial score (nSPS) is 11.8. The molecule has 0 spiro atoms. The average molecular weight is 273 g/mol. The number of aromatic nitrogens is 1. The highest BCUT2D eigenvalue weighted by Crippen LogP contribution is 2.28. The first kappa shape index (κ1) is 13.3. The number of carbonyl (C=O) groups is 1. The van der Waals surface area contributed by atoms with Crippen LogP contribution >= 0.6 is 0 Å². The van der Waals surface area contributed by atoms with Crippen LogP contribution < -0.4 is 4.74 Å². The Morgan fingerprint density at radius 3 is 2.58 bits per heavy atom. The number of aromatic carboxylic acids is 1.